The zero-order chi connectivity index (χ0) is 15.1. The number of carboxylic acid groups (broad SMARTS) is 1. The van der Waals surface area contributed by atoms with Crippen LogP contribution in [-0.2, 0) is 4.79 Å². The fourth-order valence-corrected chi connectivity index (χ4v) is 1.61. The molecule has 0 aliphatic heterocycles. The summed E-state index contributed by atoms with van der Waals surface area (Å²) in [5.41, 5.74) is 0.211. The molecule has 2 N–H and O–H groups in total. The molecule has 1 aromatic rings. The van der Waals surface area contributed by atoms with E-state index in [0.717, 1.165) is 0 Å². The molecule has 0 aliphatic rings. The number of nitrogens with zero attached hydrogens (tertiary/aromatic N) is 1. The number of aliphatic carboxylic acids is 1. The smallest absolute Gasteiger partial charge is 0.303 e. The molecule has 110 valence electrons. The maximum Gasteiger partial charge on any atom is 0.303 e. The molecule has 20 heavy (non-hydrogen) atoms. The van der Waals surface area contributed by atoms with E-state index in [1.807, 2.05) is 13.8 Å². The van der Waals surface area contributed by atoms with E-state index in [9.17, 15) is 9.59 Å². The first-order valence-corrected chi connectivity index (χ1v) is 6.54. The molecule has 0 saturated carbocycles. The van der Waals surface area contributed by atoms with Crippen molar-refractivity contribution in [2.45, 2.75) is 45.8 Å². The summed E-state index contributed by atoms with van der Waals surface area (Å²) in [5, 5.41) is 11.3. The van der Waals surface area contributed by atoms with Crippen molar-refractivity contribution in [3.05, 3.63) is 24.0 Å². The third-order valence-electron chi connectivity index (χ3n) is 2.52. The van der Waals surface area contributed by atoms with Gasteiger partial charge in [-0.25, -0.2) is 4.98 Å². The van der Waals surface area contributed by atoms with Crippen LogP contribution in [0.2, 0.25) is 0 Å². The summed E-state index contributed by atoms with van der Waals surface area (Å²) in [6.07, 6.45) is 1.84. The Morgan fingerprint density at radius 2 is 2.10 bits per heavy atom. The van der Waals surface area contributed by atoms with E-state index in [1.165, 1.54) is 6.20 Å². The number of amides is 1. The van der Waals surface area contributed by atoms with Gasteiger partial charge in [0.1, 0.15) is 0 Å². The average molecular weight is 280 g/mol. The van der Waals surface area contributed by atoms with Gasteiger partial charge in [0.25, 0.3) is 5.91 Å². The Morgan fingerprint density at radius 3 is 2.70 bits per heavy atom. The molecule has 1 rings (SSSR count). The van der Waals surface area contributed by atoms with E-state index in [1.54, 1.807) is 19.1 Å². The number of rotatable bonds is 7. The first kappa shape index (κ1) is 15.9. The number of nitrogens with one attached hydrogen (secondary N) is 1. The standard InChI is InChI=1S/C14H20N2O4/c1-9(2)20-11-5-4-8-15-13(11)14(19)16-10(3)6-7-12(17)18/h4-5,8-10H,6-7H2,1-3H3,(H,16,19)(H,17,18). The van der Waals surface area contributed by atoms with Crippen LogP contribution in [0.3, 0.4) is 0 Å². The second-order valence-corrected chi connectivity index (χ2v) is 4.82. The highest BCUT2D eigenvalue weighted by atomic mass is 16.5. The van der Waals surface area contributed by atoms with Crippen molar-refractivity contribution >= 4 is 11.9 Å². The Kier molecular flexibility index (Phi) is 5.96. The van der Waals surface area contributed by atoms with Crippen molar-refractivity contribution in [3.63, 3.8) is 0 Å². The number of aromatic nitrogens is 1. The molecule has 0 spiro atoms. The predicted octanol–water partition coefficient (Wildman–Crippen LogP) is 1.85. The highest BCUT2D eigenvalue weighted by Crippen LogP contribution is 2.17. The van der Waals surface area contributed by atoms with Gasteiger partial charge >= 0.3 is 5.97 Å². The lowest BCUT2D eigenvalue weighted by molar-refractivity contribution is -0.137. The van der Waals surface area contributed by atoms with E-state index in [4.69, 9.17) is 9.84 Å². The number of hydrogen-bond acceptors (Lipinski definition) is 4. The monoisotopic (exact) mass is 280 g/mol. The molecular formula is C14H20N2O4. The quantitative estimate of drug-likeness (QED) is 0.795. The minimum absolute atomic E-state index is 0.0129. The van der Waals surface area contributed by atoms with Crippen molar-refractivity contribution < 1.29 is 19.4 Å². The summed E-state index contributed by atoms with van der Waals surface area (Å²) >= 11 is 0. The third kappa shape index (κ3) is 5.26. The molecule has 1 atom stereocenters. The lowest BCUT2D eigenvalue weighted by atomic mass is 10.2. The van der Waals surface area contributed by atoms with Crippen LogP contribution in [0.5, 0.6) is 5.75 Å². The lowest BCUT2D eigenvalue weighted by Gasteiger charge is -2.15. The van der Waals surface area contributed by atoms with E-state index in [0.29, 0.717) is 12.2 Å². The van der Waals surface area contributed by atoms with Gasteiger partial charge in [-0.2, -0.15) is 0 Å². The molecule has 1 amide bonds. The zero-order valence-corrected chi connectivity index (χ0v) is 11.9. The summed E-state index contributed by atoms with van der Waals surface area (Å²) in [4.78, 5) is 26.6. The van der Waals surface area contributed by atoms with Gasteiger partial charge in [0.05, 0.1) is 6.10 Å². The summed E-state index contributed by atoms with van der Waals surface area (Å²) in [6.45, 7) is 5.49. The van der Waals surface area contributed by atoms with Crippen molar-refractivity contribution in [3.8, 4) is 5.75 Å². The lowest BCUT2D eigenvalue weighted by Crippen LogP contribution is -2.34. The van der Waals surface area contributed by atoms with Crippen LogP contribution >= 0.6 is 0 Å². The van der Waals surface area contributed by atoms with Crippen LogP contribution in [0.4, 0.5) is 0 Å². The van der Waals surface area contributed by atoms with Gasteiger partial charge in [-0.05, 0) is 39.3 Å². The summed E-state index contributed by atoms with van der Waals surface area (Å²) < 4.78 is 5.53. The van der Waals surface area contributed by atoms with Crippen LogP contribution in [0.1, 0.15) is 44.1 Å². The minimum Gasteiger partial charge on any atom is -0.489 e. The topological polar surface area (TPSA) is 88.5 Å². The van der Waals surface area contributed by atoms with Gasteiger partial charge in [0, 0.05) is 18.7 Å². The molecule has 1 aromatic heterocycles. The van der Waals surface area contributed by atoms with Crippen molar-refractivity contribution in [1.82, 2.24) is 10.3 Å². The maximum atomic E-state index is 12.1. The van der Waals surface area contributed by atoms with E-state index in [2.05, 4.69) is 10.3 Å². The Morgan fingerprint density at radius 1 is 1.40 bits per heavy atom. The van der Waals surface area contributed by atoms with Gasteiger partial charge in [-0.15, -0.1) is 0 Å². The molecule has 1 unspecified atom stereocenters. The SMILES string of the molecule is CC(CCC(=O)O)NC(=O)c1ncccc1OC(C)C. The van der Waals surface area contributed by atoms with Crippen LogP contribution in [0.15, 0.2) is 18.3 Å². The first-order chi connectivity index (χ1) is 9.40. The molecule has 1 heterocycles. The molecule has 0 radical (unpaired) electrons. The molecule has 6 heteroatoms. The second-order valence-electron chi connectivity index (χ2n) is 4.82. The van der Waals surface area contributed by atoms with Gasteiger partial charge in [0.2, 0.25) is 0 Å². The van der Waals surface area contributed by atoms with Gasteiger partial charge < -0.3 is 15.2 Å². The summed E-state index contributed by atoms with van der Waals surface area (Å²) in [7, 11) is 0. The molecule has 0 aromatic carbocycles. The van der Waals surface area contributed by atoms with Crippen molar-refractivity contribution in [2.75, 3.05) is 0 Å². The molecular weight excluding hydrogens is 260 g/mol. The van der Waals surface area contributed by atoms with Gasteiger partial charge in [-0.1, -0.05) is 0 Å². The molecule has 0 aliphatic carbocycles. The number of carbonyl (C=O) groups is 2. The van der Waals surface area contributed by atoms with E-state index < -0.39 is 5.97 Å². The van der Waals surface area contributed by atoms with Gasteiger partial charge in [-0.3, -0.25) is 9.59 Å². The highest BCUT2D eigenvalue weighted by Gasteiger charge is 2.17. The van der Waals surface area contributed by atoms with E-state index in [-0.39, 0.29) is 30.2 Å². The molecule has 0 saturated heterocycles. The summed E-state index contributed by atoms with van der Waals surface area (Å²) in [6, 6.07) is 3.14. The number of hydrogen-bond donors (Lipinski definition) is 2. The molecule has 0 fully saturated rings. The summed E-state index contributed by atoms with van der Waals surface area (Å²) in [5.74, 6) is -0.822. The second kappa shape index (κ2) is 7.47. The average Bonchev–Trinajstić information content (AvgIpc) is 2.36. The van der Waals surface area contributed by atoms with Crippen molar-refractivity contribution in [2.24, 2.45) is 0 Å². The van der Waals surface area contributed by atoms with Crippen LogP contribution in [0.25, 0.3) is 0 Å². The molecule has 6 nitrogen and oxygen atoms in total. The first-order valence-electron chi connectivity index (χ1n) is 6.54. The van der Waals surface area contributed by atoms with Crippen LogP contribution in [0, 0.1) is 0 Å². The molecule has 0 bridgehead atoms. The Balaban J connectivity index is 2.69. The number of carboxylic acids is 1. The number of carbonyl (C=O) groups excluding carboxylic acids is 1. The fourth-order valence-electron chi connectivity index (χ4n) is 1.61. The third-order valence-corrected chi connectivity index (χ3v) is 2.52. The van der Waals surface area contributed by atoms with E-state index >= 15 is 0 Å². The fraction of sp³-hybridized carbons (Fsp3) is 0.500. The normalized spacial score (nSPS) is 12.0. The van der Waals surface area contributed by atoms with Crippen LogP contribution < -0.4 is 10.1 Å². The Labute approximate surface area is 118 Å². The highest BCUT2D eigenvalue weighted by molar-refractivity contribution is 5.95. The minimum atomic E-state index is -0.882. The predicted molar refractivity (Wildman–Crippen MR) is 73.8 cm³/mol. The number of ether oxygens (including phenoxy) is 1. The van der Waals surface area contributed by atoms with Crippen LogP contribution in [-0.4, -0.2) is 34.1 Å². The zero-order valence-electron chi connectivity index (χ0n) is 11.9. The van der Waals surface area contributed by atoms with Crippen molar-refractivity contribution in [1.29, 1.82) is 0 Å². The largest absolute Gasteiger partial charge is 0.489 e. The maximum absolute atomic E-state index is 12.1. The van der Waals surface area contributed by atoms with Gasteiger partial charge in [0.15, 0.2) is 11.4 Å². The number of pyridine rings is 1. The Bertz CT molecular complexity index is 474. The Hall–Kier alpha value is -2.11.